The van der Waals surface area contributed by atoms with E-state index >= 15 is 0 Å². The van der Waals surface area contributed by atoms with Gasteiger partial charge in [-0.3, -0.25) is 4.99 Å². The summed E-state index contributed by atoms with van der Waals surface area (Å²) in [6.07, 6.45) is 1.69. The molecule has 0 aliphatic carbocycles. The van der Waals surface area contributed by atoms with Gasteiger partial charge in [0.15, 0.2) is 0 Å². The molecule has 3 nitrogen and oxygen atoms in total. The first-order chi connectivity index (χ1) is 18.7. The molecule has 6 heteroatoms. The van der Waals surface area contributed by atoms with E-state index in [0.29, 0.717) is 17.1 Å². The van der Waals surface area contributed by atoms with Crippen LogP contribution in [0.3, 0.4) is 0 Å². The molecule has 3 aromatic carbocycles. The molecule has 0 aliphatic rings. The predicted molar refractivity (Wildman–Crippen MR) is 162 cm³/mol. The number of amidine groups is 1. The molecule has 212 valence electrons. The Bertz CT molecular complexity index is 1150. The molecule has 3 rings (SSSR count). The molecule has 0 heterocycles. The van der Waals surface area contributed by atoms with Crippen molar-refractivity contribution in [3.63, 3.8) is 0 Å². The summed E-state index contributed by atoms with van der Waals surface area (Å²) in [7, 11) is 0. The number of para-hydroxylation sites is 1. The summed E-state index contributed by atoms with van der Waals surface area (Å²) >= 11 is 0. The summed E-state index contributed by atoms with van der Waals surface area (Å²) in [5.41, 5.74) is 8.89. The summed E-state index contributed by atoms with van der Waals surface area (Å²) in [5, 5.41) is 3.32. The van der Waals surface area contributed by atoms with Crippen molar-refractivity contribution in [2.24, 2.45) is 4.99 Å². The number of nitrogens with zero attached hydrogens (tertiary/aromatic N) is 1. The molecule has 0 bridgehead atoms. The minimum absolute atomic E-state index is 0.109. The topological polar surface area (TPSA) is 50.4 Å². The van der Waals surface area contributed by atoms with Gasteiger partial charge < -0.3 is 11.1 Å². The number of aliphatic imine (C=N–C) groups is 1. The van der Waals surface area contributed by atoms with Gasteiger partial charge in [0.25, 0.3) is 0 Å². The van der Waals surface area contributed by atoms with E-state index in [4.69, 9.17) is 5.73 Å². The van der Waals surface area contributed by atoms with Gasteiger partial charge in [-0.1, -0.05) is 114 Å². The van der Waals surface area contributed by atoms with Crippen molar-refractivity contribution in [3.05, 3.63) is 107 Å². The lowest BCUT2D eigenvalue weighted by molar-refractivity contribution is -0.138. The first-order valence-corrected chi connectivity index (χ1v) is 13.7. The molecule has 0 radical (unpaired) electrons. The SMILES string of the molecule is C/C(=C\C(C)NC(=NCc1ccccc1C(F)(F)F)c1ccccc1N)c1ccccc1.CC.CCCCC. The maximum absolute atomic E-state index is 13.4. The Labute approximate surface area is 233 Å². The van der Waals surface area contributed by atoms with Crippen molar-refractivity contribution in [3.8, 4) is 0 Å². The highest BCUT2D eigenvalue weighted by Crippen LogP contribution is 2.32. The first kappa shape index (κ1) is 33.5. The van der Waals surface area contributed by atoms with Gasteiger partial charge in [-0.05, 0) is 48.7 Å². The van der Waals surface area contributed by atoms with E-state index in [9.17, 15) is 13.2 Å². The van der Waals surface area contributed by atoms with Gasteiger partial charge >= 0.3 is 6.18 Å². The average molecular weight is 540 g/mol. The Hall–Kier alpha value is -3.54. The third kappa shape index (κ3) is 11.8. The minimum atomic E-state index is -4.44. The van der Waals surface area contributed by atoms with E-state index in [0.717, 1.165) is 17.2 Å². The van der Waals surface area contributed by atoms with Crippen molar-refractivity contribution in [1.82, 2.24) is 5.32 Å². The van der Waals surface area contributed by atoms with Gasteiger partial charge in [-0.15, -0.1) is 0 Å². The lowest BCUT2D eigenvalue weighted by Gasteiger charge is -2.18. The van der Waals surface area contributed by atoms with E-state index < -0.39 is 11.7 Å². The lowest BCUT2D eigenvalue weighted by Crippen LogP contribution is -2.33. The zero-order valence-electron chi connectivity index (χ0n) is 24.1. The summed E-state index contributed by atoms with van der Waals surface area (Å²) in [6.45, 7) is 12.3. The maximum Gasteiger partial charge on any atom is 0.416 e. The molecule has 0 aromatic heterocycles. The molecule has 0 aliphatic heterocycles. The monoisotopic (exact) mass is 539 g/mol. The van der Waals surface area contributed by atoms with Crippen LogP contribution in [0.4, 0.5) is 18.9 Å². The molecule has 1 atom stereocenters. The number of nitrogens with two attached hydrogens (primary N) is 1. The standard InChI is InChI=1S/C26H26F3N3.C5H12.C2H6/c1-18(20-10-4-3-5-11-20)16-19(2)32-25(22-13-7-9-15-24(22)30)31-17-21-12-6-8-14-23(21)26(27,28)29;1-3-5-4-2;1-2/h3-16,19H,17,30H2,1-2H3,(H,31,32);3-5H2,1-2H3;1-2H3/b18-16+;;. The van der Waals surface area contributed by atoms with Crippen LogP contribution in [0.15, 0.2) is 89.9 Å². The summed E-state index contributed by atoms with van der Waals surface area (Å²) in [6, 6.07) is 22.5. The van der Waals surface area contributed by atoms with Gasteiger partial charge in [-0.25, -0.2) is 0 Å². The van der Waals surface area contributed by atoms with Crippen LogP contribution in [0.5, 0.6) is 0 Å². The Kier molecular flexibility index (Phi) is 15.3. The maximum atomic E-state index is 13.4. The number of benzene rings is 3. The number of halogens is 3. The Morgan fingerprint density at radius 1 is 0.897 bits per heavy atom. The summed E-state index contributed by atoms with van der Waals surface area (Å²) < 4.78 is 40.1. The highest BCUT2D eigenvalue weighted by atomic mass is 19.4. The smallest absolute Gasteiger partial charge is 0.398 e. The molecular formula is C33H44F3N3. The summed E-state index contributed by atoms with van der Waals surface area (Å²) in [4.78, 5) is 4.52. The number of rotatable bonds is 8. The molecule has 0 saturated heterocycles. The van der Waals surface area contributed by atoms with E-state index in [1.807, 2.05) is 70.2 Å². The van der Waals surface area contributed by atoms with E-state index in [-0.39, 0.29) is 18.2 Å². The van der Waals surface area contributed by atoms with Crippen LogP contribution in [-0.4, -0.2) is 11.9 Å². The summed E-state index contributed by atoms with van der Waals surface area (Å²) in [5.74, 6) is 0.449. The van der Waals surface area contributed by atoms with Gasteiger partial charge in [0.2, 0.25) is 0 Å². The third-order valence-electron chi connectivity index (χ3n) is 5.75. The zero-order valence-corrected chi connectivity index (χ0v) is 24.1. The fourth-order valence-corrected chi connectivity index (χ4v) is 3.80. The number of hydrogen-bond donors (Lipinski definition) is 2. The number of hydrogen-bond acceptors (Lipinski definition) is 2. The van der Waals surface area contributed by atoms with Gasteiger partial charge in [0.05, 0.1) is 12.1 Å². The lowest BCUT2D eigenvalue weighted by atomic mass is 10.0. The Morgan fingerprint density at radius 3 is 2.03 bits per heavy atom. The van der Waals surface area contributed by atoms with Gasteiger partial charge in [-0.2, -0.15) is 13.2 Å². The fraction of sp³-hybridized carbons (Fsp3) is 0.364. The second-order valence-electron chi connectivity index (χ2n) is 8.91. The molecule has 3 aromatic rings. The van der Waals surface area contributed by atoms with Crippen molar-refractivity contribution in [2.75, 3.05) is 5.73 Å². The number of nitrogen functional groups attached to an aromatic ring is 1. The van der Waals surface area contributed by atoms with Crippen molar-refractivity contribution in [2.45, 2.75) is 79.6 Å². The second-order valence-corrected chi connectivity index (χ2v) is 8.91. The number of unbranched alkanes of at least 4 members (excludes halogenated alkanes) is 2. The van der Waals surface area contributed by atoms with Crippen LogP contribution in [0.2, 0.25) is 0 Å². The minimum Gasteiger partial charge on any atom is -0.398 e. The zero-order chi connectivity index (χ0) is 29.3. The van der Waals surface area contributed by atoms with Crippen LogP contribution >= 0.6 is 0 Å². The van der Waals surface area contributed by atoms with E-state index in [1.54, 1.807) is 24.3 Å². The molecule has 0 spiro atoms. The highest BCUT2D eigenvalue weighted by Gasteiger charge is 2.32. The van der Waals surface area contributed by atoms with E-state index in [1.165, 1.54) is 31.4 Å². The molecule has 1 unspecified atom stereocenters. The molecule has 39 heavy (non-hydrogen) atoms. The van der Waals surface area contributed by atoms with Gasteiger partial charge in [0.1, 0.15) is 5.84 Å². The molecular weight excluding hydrogens is 495 g/mol. The van der Waals surface area contributed by atoms with Crippen LogP contribution in [0, 0.1) is 0 Å². The second kappa shape index (κ2) is 17.9. The molecule has 3 N–H and O–H groups in total. The van der Waals surface area contributed by atoms with Crippen LogP contribution in [0.25, 0.3) is 5.57 Å². The van der Waals surface area contributed by atoms with Crippen molar-refractivity contribution in [1.29, 1.82) is 0 Å². The number of nitrogens with one attached hydrogen (secondary N) is 1. The quantitative estimate of drug-likeness (QED) is 0.170. The van der Waals surface area contributed by atoms with Crippen LogP contribution < -0.4 is 11.1 Å². The van der Waals surface area contributed by atoms with Crippen molar-refractivity contribution >= 4 is 17.1 Å². The molecule has 0 fully saturated rings. The largest absolute Gasteiger partial charge is 0.416 e. The Balaban J connectivity index is 0.000000975. The number of allylic oxidation sites excluding steroid dienone is 1. The fourth-order valence-electron chi connectivity index (χ4n) is 3.80. The molecule has 0 amide bonds. The average Bonchev–Trinajstić information content (AvgIpc) is 2.93. The normalized spacial score (nSPS) is 12.4. The number of anilines is 1. The number of alkyl halides is 3. The third-order valence-corrected chi connectivity index (χ3v) is 5.75. The van der Waals surface area contributed by atoms with Crippen LogP contribution in [0.1, 0.15) is 83.1 Å². The first-order valence-electron chi connectivity index (χ1n) is 13.7. The highest BCUT2D eigenvalue weighted by molar-refractivity contribution is 6.03. The van der Waals surface area contributed by atoms with E-state index in [2.05, 4.69) is 24.2 Å². The van der Waals surface area contributed by atoms with Gasteiger partial charge in [0, 0.05) is 17.3 Å². The molecule has 0 saturated carbocycles. The van der Waals surface area contributed by atoms with Crippen LogP contribution in [-0.2, 0) is 12.7 Å². The predicted octanol–water partition coefficient (Wildman–Crippen LogP) is 9.54. The Morgan fingerprint density at radius 2 is 1.46 bits per heavy atom. The van der Waals surface area contributed by atoms with Crippen molar-refractivity contribution < 1.29 is 13.2 Å².